The lowest BCUT2D eigenvalue weighted by Crippen LogP contribution is -2.49. The molecule has 2 aromatic rings. The molecule has 1 fully saturated rings. The molecule has 1 amide bonds. The number of rotatable bonds is 9. The van der Waals surface area contributed by atoms with Gasteiger partial charge in [-0.1, -0.05) is 60.7 Å². The minimum absolute atomic E-state index is 0.00616. The van der Waals surface area contributed by atoms with Crippen LogP contribution in [0.25, 0.3) is 0 Å². The van der Waals surface area contributed by atoms with Crippen molar-refractivity contribution >= 4 is 5.91 Å². The highest BCUT2D eigenvalue weighted by Crippen LogP contribution is 2.24. The van der Waals surface area contributed by atoms with Gasteiger partial charge in [-0.2, -0.15) is 0 Å². The fourth-order valence-electron chi connectivity index (χ4n) is 3.90. The fraction of sp³-hybridized carbons (Fsp3) is 0.480. The molecule has 0 aromatic heterocycles. The zero-order chi connectivity index (χ0) is 21.3. The summed E-state index contributed by atoms with van der Waals surface area (Å²) in [4.78, 5) is 16.8. The third-order valence-electron chi connectivity index (χ3n) is 5.81. The SMILES string of the molecule is CN(CCc1ccccc1)CC[C@H]1CC[C@H](O)[C@@H](C(=O)N(C)Cc2ccccc2)O1. The Kier molecular flexibility index (Phi) is 8.43. The van der Waals surface area contributed by atoms with Crippen LogP contribution in [0.5, 0.6) is 0 Å². The molecule has 1 N–H and O–H groups in total. The Balaban J connectivity index is 1.45. The first-order chi connectivity index (χ1) is 14.5. The number of aliphatic hydroxyl groups excluding tert-OH is 1. The van der Waals surface area contributed by atoms with Crippen molar-refractivity contribution in [1.29, 1.82) is 0 Å². The van der Waals surface area contributed by atoms with E-state index in [4.69, 9.17) is 4.74 Å². The van der Waals surface area contributed by atoms with Gasteiger partial charge in [-0.3, -0.25) is 4.79 Å². The maximum Gasteiger partial charge on any atom is 0.254 e. The van der Waals surface area contributed by atoms with E-state index < -0.39 is 12.2 Å². The summed E-state index contributed by atoms with van der Waals surface area (Å²) < 4.78 is 6.06. The lowest BCUT2D eigenvalue weighted by Gasteiger charge is -2.35. The van der Waals surface area contributed by atoms with E-state index in [9.17, 15) is 9.90 Å². The molecule has 3 atom stereocenters. The van der Waals surface area contributed by atoms with Crippen molar-refractivity contribution in [3.05, 3.63) is 71.8 Å². The lowest BCUT2D eigenvalue weighted by molar-refractivity contribution is -0.167. The summed E-state index contributed by atoms with van der Waals surface area (Å²) in [6.45, 7) is 2.41. The molecule has 1 saturated heterocycles. The number of amides is 1. The molecule has 1 aliphatic heterocycles. The van der Waals surface area contributed by atoms with Crippen LogP contribution in [-0.2, 0) is 22.5 Å². The first kappa shape index (κ1) is 22.5. The molecule has 2 aromatic carbocycles. The van der Waals surface area contributed by atoms with Gasteiger partial charge in [0, 0.05) is 26.7 Å². The van der Waals surface area contributed by atoms with Crippen molar-refractivity contribution < 1.29 is 14.6 Å². The van der Waals surface area contributed by atoms with Gasteiger partial charge in [0.2, 0.25) is 0 Å². The Morgan fingerprint density at radius 3 is 2.27 bits per heavy atom. The van der Waals surface area contributed by atoms with Gasteiger partial charge in [-0.05, 0) is 43.9 Å². The van der Waals surface area contributed by atoms with E-state index in [-0.39, 0.29) is 12.0 Å². The Bertz CT molecular complexity index is 768. The molecule has 1 heterocycles. The monoisotopic (exact) mass is 410 g/mol. The highest BCUT2D eigenvalue weighted by molar-refractivity contribution is 5.81. The average molecular weight is 411 g/mol. The number of hydrogen-bond acceptors (Lipinski definition) is 4. The second-order valence-electron chi connectivity index (χ2n) is 8.33. The molecule has 0 unspecified atom stereocenters. The molecule has 30 heavy (non-hydrogen) atoms. The standard InChI is InChI=1S/C25H34N2O3/c1-26(17-15-20-9-5-3-6-10-20)18-16-22-13-14-23(28)24(30-22)25(29)27(2)19-21-11-7-4-8-12-21/h3-12,22-24,28H,13-19H2,1-2H3/t22-,23+,24+/m1/s1. The third kappa shape index (κ3) is 6.66. The van der Waals surface area contributed by atoms with Gasteiger partial charge in [0.1, 0.15) is 0 Å². The van der Waals surface area contributed by atoms with Gasteiger partial charge in [-0.15, -0.1) is 0 Å². The van der Waals surface area contributed by atoms with Crippen molar-refractivity contribution in [2.75, 3.05) is 27.2 Å². The Labute approximate surface area is 180 Å². The van der Waals surface area contributed by atoms with E-state index in [1.54, 1.807) is 11.9 Å². The normalized spacial score (nSPS) is 21.5. The van der Waals surface area contributed by atoms with E-state index in [0.717, 1.165) is 37.9 Å². The number of likely N-dealkylation sites (N-methyl/N-ethyl adjacent to an activating group) is 2. The predicted octanol–water partition coefficient (Wildman–Crippen LogP) is 3.12. The van der Waals surface area contributed by atoms with Crippen LogP contribution in [0.4, 0.5) is 0 Å². The minimum atomic E-state index is -0.771. The van der Waals surface area contributed by atoms with Gasteiger partial charge < -0.3 is 19.6 Å². The molecule has 162 valence electrons. The minimum Gasteiger partial charge on any atom is -0.390 e. The number of aliphatic hydroxyl groups is 1. The lowest BCUT2D eigenvalue weighted by atomic mass is 9.98. The van der Waals surface area contributed by atoms with Crippen LogP contribution in [0.1, 0.15) is 30.4 Å². The maximum atomic E-state index is 12.9. The molecular weight excluding hydrogens is 376 g/mol. The molecule has 0 bridgehead atoms. The second-order valence-corrected chi connectivity index (χ2v) is 8.33. The molecule has 0 aliphatic carbocycles. The summed E-state index contributed by atoms with van der Waals surface area (Å²) in [6, 6.07) is 20.4. The van der Waals surface area contributed by atoms with Crippen LogP contribution in [0.15, 0.2) is 60.7 Å². The van der Waals surface area contributed by atoms with Crippen molar-refractivity contribution in [1.82, 2.24) is 9.80 Å². The first-order valence-corrected chi connectivity index (χ1v) is 10.9. The first-order valence-electron chi connectivity index (χ1n) is 10.9. The quantitative estimate of drug-likeness (QED) is 0.690. The van der Waals surface area contributed by atoms with E-state index in [0.29, 0.717) is 13.0 Å². The number of carbonyl (C=O) groups is 1. The zero-order valence-corrected chi connectivity index (χ0v) is 18.1. The number of ether oxygens (including phenoxy) is 1. The van der Waals surface area contributed by atoms with Gasteiger partial charge in [-0.25, -0.2) is 0 Å². The Hall–Kier alpha value is -2.21. The topological polar surface area (TPSA) is 53.0 Å². The van der Waals surface area contributed by atoms with Crippen molar-refractivity contribution in [3.8, 4) is 0 Å². The van der Waals surface area contributed by atoms with Crippen molar-refractivity contribution in [2.24, 2.45) is 0 Å². The van der Waals surface area contributed by atoms with Crippen LogP contribution < -0.4 is 0 Å². The number of hydrogen-bond donors (Lipinski definition) is 1. The smallest absolute Gasteiger partial charge is 0.254 e. The third-order valence-corrected chi connectivity index (χ3v) is 5.81. The summed E-state index contributed by atoms with van der Waals surface area (Å²) >= 11 is 0. The molecular formula is C25H34N2O3. The average Bonchev–Trinajstić information content (AvgIpc) is 2.78. The highest BCUT2D eigenvalue weighted by Gasteiger charge is 2.36. The largest absolute Gasteiger partial charge is 0.390 e. The van der Waals surface area contributed by atoms with Gasteiger partial charge in [0.05, 0.1) is 12.2 Å². The Morgan fingerprint density at radius 2 is 1.60 bits per heavy atom. The summed E-state index contributed by atoms with van der Waals surface area (Å²) in [5.41, 5.74) is 2.41. The molecule has 5 nitrogen and oxygen atoms in total. The number of carbonyl (C=O) groups excluding carboxylic acids is 1. The highest BCUT2D eigenvalue weighted by atomic mass is 16.5. The van der Waals surface area contributed by atoms with Crippen LogP contribution in [0.2, 0.25) is 0 Å². The molecule has 3 rings (SSSR count). The van der Waals surface area contributed by atoms with Gasteiger partial charge in [0.25, 0.3) is 5.91 Å². The maximum absolute atomic E-state index is 12.9. The molecule has 1 aliphatic rings. The van der Waals surface area contributed by atoms with Crippen molar-refractivity contribution in [2.45, 2.75) is 50.5 Å². The summed E-state index contributed by atoms with van der Waals surface area (Å²) in [5, 5.41) is 10.4. The summed E-state index contributed by atoms with van der Waals surface area (Å²) in [6.07, 6.45) is 1.78. The van der Waals surface area contributed by atoms with Crippen LogP contribution in [0, 0.1) is 0 Å². The van der Waals surface area contributed by atoms with Gasteiger partial charge in [0.15, 0.2) is 6.10 Å². The van der Waals surface area contributed by atoms with Crippen LogP contribution >= 0.6 is 0 Å². The summed E-state index contributed by atoms with van der Waals surface area (Å²) in [5.74, 6) is -0.145. The molecule has 0 radical (unpaired) electrons. The van der Waals surface area contributed by atoms with Crippen molar-refractivity contribution in [3.63, 3.8) is 0 Å². The van der Waals surface area contributed by atoms with E-state index in [1.807, 2.05) is 36.4 Å². The molecule has 5 heteroatoms. The molecule has 0 saturated carbocycles. The molecule has 0 spiro atoms. The Morgan fingerprint density at radius 1 is 0.967 bits per heavy atom. The van der Waals surface area contributed by atoms with E-state index >= 15 is 0 Å². The van der Waals surface area contributed by atoms with Crippen LogP contribution in [0.3, 0.4) is 0 Å². The fourth-order valence-corrected chi connectivity index (χ4v) is 3.90. The predicted molar refractivity (Wildman–Crippen MR) is 119 cm³/mol. The zero-order valence-electron chi connectivity index (χ0n) is 18.1. The number of nitrogens with zero attached hydrogens (tertiary/aromatic N) is 2. The van der Waals surface area contributed by atoms with E-state index in [1.165, 1.54) is 5.56 Å². The van der Waals surface area contributed by atoms with Crippen LogP contribution in [-0.4, -0.2) is 66.3 Å². The second kappa shape index (κ2) is 11.3. The van der Waals surface area contributed by atoms with Gasteiger partial charge >= 0.3 is 0 Å². The number of benzene rings is 2. The van der Waals surface area contributed by atoms with E-state index in [2.05, 4.69) is 36.2 Å². The summed E-state index contributed by atoms with van der Waals surface area (Å²) in [7, 11) is 3.89.